The first kappa shape index (κ1) is 13.3. The van der Waals surface area contributed by atoms with E-state index in [4.69, 9.17) is 0 Å². The number of aryl methyl sites for hydroxylation is 1. The zero-order valence-corrected chi connectivity index (χ0v) is 11.4. The molecule has 1 N–H and O–H groups in total. The van der Waals surface area contributed by atoms with E-state index in [1.807, 2.05) is 0 Å². The molecule has 0 aromatic carbocycles. The van der Waals surface area contributed by atoms with E-state index in [9.17, 15) is 0 Å². The van der Waals surface area contributed by atoms with Crippen LogP contribution in [-0.2, 0) is 13.1 Å². The van der Waals surface area contributed by atoms with Gasteiger partial charge in [-0.05, 0) is 30.4 Å². The van der Waals surface area contributed by atoms with Gasteiger partial charge in [0, 0.05) is 31.5 Å². The van der Waals surface area contributed by atoms with Crippen LogP contribution in [0, 0.1) is 11.3 Å². The summed E-state index contributed by atoms with van der Waals surface area (Å²) in [4.78, 5) is 0. The fourth-order valence-electron chi connectivity index (χ4n) is 1.64. The minimum atomic E-state index is 0.365. The second kappa shape index (κ2) is 5.53. The molecule has 0 radical (unpaired) electrons. The van der Waals surface area contributed by atoms with Crippen molar-refractivity contribution in [2.45, 2.75) is 47.7 Å². The van der Waals surface area contributed by atoms with Gasteiger partial charge in [-0.1, -0.05) is 27.7 Å². The molecule has 0 aliphatic rings. The molecule has 16 heavy (non-hydrogen) atoms. The van der Waals surface area contributed by atoms with Crippen molar-refractivity contribution in [1.82, 2.24) is 9.88 Å². The van der Waals surface area contributed by atoms with Gasteiger partial charge in [-0.2, -0.15) is 0 Å². The summed E-state index contributed by atoms with van der Waals surface area (Å²) in [6.07, 6.45) is 2.14. The third-order valence-corrected chi connectivity index (χ3v) is 3.71. The molecule has 0 spiro atoms. The first-order valence-corrected chi connectivity index (χ1v) is 6.32. The molecule has 2 heteroatoms. The molecule has 0 aliphatic carbocycles. The number of rotatable bonds is 6. The van der Waals surface area contributed by atoms with Gasteiger partial charge in [-0.15, -0.1) is 0 Å². The molecule has 2 nitrogen and oxygen atoms in total. The second-order valence-electron chi connectivity index (χ2n) is 5.53. The summed E-state index contributed by atoms with van der Waals surface area (Å²) < 4.78 is 2.29. The normalized spacial score (nSPS) is 12.4. The van der Waals surface area contributed by atoms with Crippen molar-refractivity contribution in [2.24, 2.45) is 11.3 Å². The maximum Gasteiger partial charge on any atom is 0.0359 e. The zero-order valence-electron chi connectivity index (χ0n) is 11.4. The Hall–Kier alpha value is -0.760. The Morgan fingerprint density at radius 3 is 2.62 bits per heavy atom. The number of hydrogen-bond acceptors (Lipinski definition) is 1. The van der Waals surface area contributed by atoms with Crippen molar-refractivity contribution in [3.05, 3.63) is 24.0 Å². The Morgan fingerprint density at radius 2 is 2.06 bits per heavy atom. The van der Waals surface area contributed by atoms with Crippen molar-refractivity contribution in [1.29, 1.82) is 0 Å². The van der Waals surface area contributed by atoms with Gasteiger partial charge in [0.05, 0.1) is 0 Å². The van der Waals surface area contributed by atoms with Gasteiger partial charge in [0.1, 0.15) is 0 Å². The zero-order chi connectivity index (χ0) is 12.2. The van der Waals surface area contributed by atoms with Crippen LogP contribution in [0.4, 0.5) is 0 Å². The van der Waals surface area contributed by atoms with Crippen LogP contribution in [0.5, 0.6) is 0 Å². The molecule has 1 rings (SSSR count). The molecule has 0 aliphatic heterocycles. The maximum atomic E-state index is 3.56. The first-order chi connectivity index (χ1) is 7.47. The Labute approximate surface area is 100 Å². The van der Waals surface area contributed by atoms with Crippen molar-refractivity contribution < 1.29 is 0 Å². The summed E-state index contributed by atoms with van der Waals surface area (Å²) >= 11 is 0. The lowest BCUT2D eigenvalue weighted by Crippen LogP contribution is -2.33. The quantitative estimate of drug-likeness (QED) is 0.781. The molecular weight excluding hydrogens is 196 g/mol. The smallest absolute Gasteiger partial charge is 0.0359 e. The monoisotopic (exact) mass is 222 g/mol. The van der Waals surface area contributed by atoms with Crippen molar-refractivity contribution in [3.63, 3.8) is 0 Å². The number of nitrogens with zero attached hydrogens (tertiary/aromatic N) is 1. The fourth-order valence-corrected chi connectivity index (χ4v) is 1.64. The second-order valence-corrected chi connectivity index (χ2v) is 5.53. The minimum Gasteiger partial charge on any atom is -0.351 e. The molecule has 0 saturated carbocycles. The van der Waals surface area contributed by atoms with Gasteiger partial charge >= 0.3 is 0 Å². The van der Waals surface area contributed by atoms with Crippen LogP contribution in [-0.4, -0.2) is 11.1 Å². The van der Waals surface area contributed by atoms with Crippen LogP contribution >= 0.6 is 0 Å². The molecule has 0 amide bonds. The first-order valence-electron chi connectivity index (χ1n) is 6.32. The molecule has 0 fully saturated rings. The van der Waals surface area contributed by atoms with Gasteiger partial charge in [-0.3, -0.25) is 0 Å². The Kier molecular flexibility index (Phi) is 4.60. The lowest BCUT2D eigenvalue weighted by Gasteiger charge is -2.29. The standard InChI is InChI=1S/C14H26N2/c1-6-16-9-7-8-13(16)10-15-11-14(4,5)12(2)3/h7-9,12,15H,6,10-11H2,1-5H3. The van der Waals surface area contributed by atoms with Crippen molar-refractivity contribution in [3.8, 4) is 0 Å². The average molecular weight is 222 g/mol. The van der Waals surface area contributed by atoms with E-state index in [1.54, 1.807) is 0 Å². The highest BCUT2D eigenvalue weighted by Gasteiger charge is 2.21. The highest BCUT2D eigenvalue weighted by atomic mass is 15.0. The molecule has 0 atom stereocenters. The third-order valence-electron chi connectivity index (χ3n) is 3.71. The summed E-state index contributed by atoms with van der Waals surface area (Å²) in [5, 5.41) is 3.56. The van der Waals surface area contributed by atoms with Crippen LogP contribution in [0.1, 0.15) is 40.3 Å². The summed E-state index contributed by atoms with van der Waals surface area (Å²) in [5.41, 5.74) is 1.74. The molecule has 1 aromatic heterocycles. The summed E-state index contributed by atoms with van der Waals surface area (Å²) in [5.74, 6) is 0.706. The van der Waals surface area contributed by atoms with E-state index in [-0.39, 0.29) is 0 Å². The molecular formula is C14H26N2. The SMILES string of the molecule is CCn1cccc1CNCC(C)(C)C(C)C. The Morgan fingerprint density at radius 1 is 1.38 bits per heavy atom. The summed E-state index contributed by atoms with van der Waals surface area (Å²) in [6.45, 7) is 14.5. The van der Waals surface area contributed by atoms with Crippen LogP contribution < -0.4 is 5.32 Å². The number of nitrogens with one attached hydrogen (secondary N) is 1. The molecule has 92 valence electrons. The van der Waals surface area contributed by atoms with E-state index in [1.165, 1.54) is 5.69 Å². The van der Waals surface area contributed by atoms with Crippen LogP contribution in [0.15, 0.2) is 18.3 Å². The topological polar surface area (TPSA) is 17.0 Å². The highest BCUT2D eigenvalue weighted by Crippen LogP contribution is 2.24. The minimum absolute atomic E-state index is 0.365. The molecule has 0 unspecified atom stereocenters. The molecule has 1 aromatic rings. The van der Waals surface area contributed by atoms with Gasteiger partial charge in [0.15, 0.2) is 0 Å². The summed E-state index contributed by atoms with van der Waals surface area (Å²) in [7, 11) is 0. The molecule has 0 bridgehead atoms. The van der Waals surface area contributed by atoms with Gasteiger partial charge in [0.25, 0.3) is 0 Å². The lowest BCUT2D eigenvalue weighted by atomic mass is 9.81. The van der Waals surface area contributed by atoms with Crippen LogP contribution in [0.25, 0.3) is 0 Å². The number of hydrogen-bond donors (Lipinski definition) is 1. The van der Waals surface area contributed by atoms with E-state index < -0.39 is 0 Å². The van der Waals surface area contributed by atoms with Crippen LogP contribution in [0.3, 0.4) is 0 Å². The Bertz CT molecular complexity index is 310. The van der Waals surface area contributed by atoms with E-state index >= 15 is 0 Å². The highest BCUT2D eigenvalue weighted by molar-refractivity contribution is 5.06. The maximum absolute atomic E-state index is 3.56. The predicted octanol–water partition coefficient (Wildman–Crippen LogP) is 3.28. The van der Waals surface area contributed by atoms with Crippen molar-refractivity contribution in [2.75, 3.05) is 6.54 Å². The van der Waals surface area contributed by atoms with E-state index in [0.29, 0.717) is 11.3 Å². The van der Waals surface area contributed by atoms with Crippen LogP contribution in [0.2, 0.25) is 0 Å². The third kappa shape index (κ3) is 3.38. The van der Waals surface area contributed by atoms with E-state index in [0.717, 1.165) is 19.6 Å². The van der Waals surface area contributed by atoms with Crippen molar-refractivity contribution >= 4 is 0 Å². The predicted molar refractivity (Wildman–Crippen MR) is 70.4 cm³/mol. The van der Waals surface area contributed by atoms with E-state index in [2.05, 4.69) is 62.8 Å². The average Bonchev–Trinajstić information content (AvgIpc) is 2.64. The number of aromatic nitrogens is 1. The lowest BCUT2D eigenvalue weighted by molar-refractivity contribution is 0.237. The van der Waals surface area contributed by atoms with Gasteiger partial charge in [0.2, 0.25) is 0 Å². The molecule has 0 saturated heterocycles. The Balaban J connectivity index is 2.41. The summed E-state index contributed by atoms with van der Waals surface area (Å²) in [6, 6.07) is 4.31. The van der Waals surface area contributed by atoms with Gasteiger partial charge in [-0.25, -0.2) is 0 Å². The van der Waals surface area contributed by atoms with Gasteiger partial charge < -0.3 is 9.88 Å². The molecule has 1 heterocycles. The largest absolute Gasteiger partial charge is 0.351 e. The fraction of sp³-hybridized carbons (Fsp3) is 0.714.